The second-order valence-corrected chi connectivity index (χ2v) is 5.92. The van der Waals surface area contributed by atoms with Crippen LogP contribution in [0.15, 0.2) is 24.3 Å². The summed E-state index contributed by atoms with van der Waals surface area (Å²) in [5.74, 6) is 0.577. The zero-order valence-electron chi connectivity index (χ0n) is 10.3. The quantitative estimate of drug-likeness (QED) is 0.802. The van der Waals surface area contributed by atoms with Crippen LogP contribution in [0.5, 0.6) is 0 Å². The Morgan fingerprint density at radius 1 is 1.56 bits per heavy atom. The molecule has 2 unspecified atom stereocenters. The van der Waals surface area contributed by atoms with Gasteiger partial charge in [0, 0.05) is 28.3 Å². The summed E-state index contributed by atoms with van der Waals surface area (Å²) in [5.41, 5.74) is 6.66. The lowest BCUT2D eigenvalue weighted by atomic mass is 10.0. The van der Waals surface area contributed by atoms with Crippen molar-refractivity contribution in [2.75, 3.05) is 13.1 Å². The highest BCUT2D eigenvalue weighted by Crippen LogP contribution is 2.21. The van der Waals surface area contributed by atoms with Crippen molar-refractivity contribution in [3.63, 3.8) is 0 Å². The van der Waals surface area contributed by atoms with E-state index >= 15 is 0 Å². The lowest BCUT2D eigenvalue weighted by Gasteiger charge is -2.18. The average molecular weight is 381 g/mol. The van der Waals surface area contributed by atoms with Gasteiger partial charge in [-0.3, -0.25) is 4.79 Å². The Morgan fingerprint density at radius 3 is 2.83 bits per heavy atom. The molecule has 1 aromatic rings. The van der Waals surface area contributed by atoms with E-state index in [9.17, 15) is 4.79 Å². The third-order valence-corrected chi connectivity index (χ3v) is 4.00. The minimum Gasteiger partial charge on any atom is -0.338 e. The zero-order chi connectivity index (χ0) is 12.4. The van der Waals surface area contributed by atoms with Gasteiger partial charge in [-0.2, -0.15) is 0 Å². The Labute approximate surface area is 128 Å². The van der Waals surface area contributed by atoms with Crippen molar-refractivity contribution < 1.29 is 4.79 Å². The number of nitrogens with two attached hydrogens (primary N) is 1. The summed E-state index contributed by atoms with van der Waals surface area (Å²) in [6.07, 6.45) is 1.02. The lowest BCUT2D eigenvalue weighted by Crippen LogP contribution is -2.33. The lowest BCUT2D eigenvalue weighted by molar-refractivity contribution is 0.0786. The predicted octanol–water partition coefficient (Wildman–Crippen LogP) is 2.52. The molecule has 0 bridgehead atoms. The molecule has 2 rings (SSSR count). The Hall–Kier alpha value is -0.330. The van der Waals surface area contributed by atoms with Crippen molar-refractivity contribution >= 4 is 40.9 Å². The number of halogens is 2. The van der Waals surface area contributed by atoms with E-state index in [-0.39, 0.29) is 24.4 Å². The molecule has 0 aromatic heterocycles. The maximum absolute atomic E-state index is 12.2. The molecule has 0 aliphatic carbocycles. The van der Waals surface area contributed by atoms with Gasteiger partial charge in [0.25, 0.3) is 5.91 Å². The van der Waals surface area contributed by atoms with Crippen LogP contribution in [-0.4, -0.2) is 29.9 Å². The van der Waals surface area contributed by atoms with E-state index in [4.69, 9.17) is 5.73 Å². The van der Waals surface area contributed by atoms with Crippen LogP contribution in [0, 0.1) is 9.49 Å². The maximum Gasteiger partial charge on any atom is 0.253 e. The zero-order valence-corrected chi connectivity index (χ0v) is 13.3. The molecule has 1 aromatic carbocycles. The molecule has 2 atom stereocenters. The number of hydrogen-bond donors (Lipinski definition) is 1. The number of rotatable bonds is 2. The standard InChI is InChI=1S/C13H17IN2O.ClH/c1-9(15)11-5-6-16(8-11)13(17)10-3-2-4-12(14)7-10;/h2-4,7,9,11H,5-6,8,15H2,1H3;1H. The Kier molecular flexibility index (Phi) is 5.88. The van der Waals surface area contributed by atoms with Crippen molar-refractivity contribution in [2.24, 2.45) is 11.7 Å². The molecular formula is C13H18ClIN2O. The molecule has 1 amide bonds. The van der Waals surface area contributed by atoms with E-state index in [1.54, 1.807) is 0 Å². The van der Waals surface area contributed by atoms with Crippen LogP contribution in [-0.2, 0) is 0 Å². The van der Waals surface area contributed by atoms with Crippen molar-refractivity contribution in [3.05, 3.63) is 33.4 Å². The molecule has 3 nitrogen and oxygen atoms in total. The van der Waals surface area contributed by atoms with Crippen LogP contribution < -0.4 is 5.73 Å². The minimum atomic E-state index is 0. The van der Waals surface area contributed by atoms with Crippen molar-refractivity contribution in [2.45, 2.75) is 19.4 Å². The number of amides is 1. The summed E-state index contributed by atoms with van der Waals surface area (Å²) < 4.78 is 1.09. The average Bonchev–Trinajstić information content (AvgIpc) is 2.77. The summed E-state index contributed by atoms with van der Waals surface area (Å²) in [4.78, 5) is 14.2. The molecule has 1 aliphatic rings. The monoisotopic (exact) mass is 380 g/mol. The first-order valence-corrected chi connectivity index (χ1v) is 6.96. The Bertz CT molecular complexity index is 425. The highest BCUT2D eigenvalue weighted by Gasteiger charge is 2.28. The number of nitrogens with zero attached hydrogens (tertiary/aromatic N) is 1. The van der Waals surface area contributed by atoms with Crippen LogP contribution in [0.2, 0.25) is 0 Å². The highest BCUT2D eigenvalue weighted by atomic mass is 127. The van der Waals surface area contributed by atoms with Gasteiger partial charge in [-0.05, 0) is 60.1 Å². The van der Waals surface area contributed by atoms with Gasteiger partial charge in [0.05, 0.1) is 0 Å². The summed E-state index contributed by atoms with van der Waals surface area (Å²) >= 11 is 2.23. The maximum atomic E-state index is 12.2. The third kappa shape index (κ3) is 3.59. The van der Waals surface area contributed by atoms with E-state index in [1.807, 2.05) is 36.1 Å². The third-order valence-electron chi connectivity index (χ3n) is 3.33. The normalized spacial score (nSPS) is 20.4. The molecule has 0 radical (unpaired) electrons. The highest BCUT2D eigenvalue weighted by molar-refractivity contribution is 14.1. The summed E-state index contributed by atoms with van der Waals surface area (Å²) in [5, 5.41) is 0. The number of carbonyl (C=O) groups excluding carboxylic acids is 1. The van der Waals surface area contributed by atoms with Gasteiger partial charge < -0.3 is 10.6 Å². The van der Waals surface area contributed by atoms with E-state index in [2.05, 4.69) is 22.6 Å². The fourth-order valence-corrected chi connectivity index (χ4v) is 2.75. The molecule has 0 spiro atoms. The molecule has 1 fully saturated rings. The topological polar surface area (TPSA) is 46.3 Å². The summed E-state index contributed by atoms with van der Waals surface area (Å²) in [7, 11) is 0. The number of hydrogen-bond acceptors (Lipinski definition) is 2. The molecule has 100 valence electrons. The second kappa shape index (κ2) is 6.73. The van der Waals surface area contributed by atoms with Gasteiger partial charge >= 0.3 is 0 Å². The molecule has 1 heterocycles. The van der Waals surface area contributed by atoms with Crippen molar-refractivity contribution in [3.8, 4) is 0 Å². The predicted molar refractivity (Wildman–Crippen MR) is 84.1 cm³/mol. The second-order valence-electron chi connectivity index (χ2n) is 4.67. The van der Waals surface area contributed by atoms with Gasteiger partial charge in [0.15, 0.2) is 0 Å². The van der Waals surface area contributed by atoms with Crippen LogP contribution in [0.1, 0.15) is 23.7 Å². The smallest absolute Gasteiger partial charge is 0.253 e. The van der Waals surface area contributed by atoms with Crippen molar-refractivity contribution in [1.82, 2.24) is 4.90 Å². The number of benzene rings is 1. The molecule has 5 heteroatoms. The first kappa shape index (κ1) is 15.7. The fraction of sp³-hybridized carbons (Fsp3) is 0.462. The molecule has 1 aliphatic heterocycles. The van der Waals surface area contributed by atoms with E-state index in [0.29, 0.717) is 5.92 Å². The molecule has 1 saturated heterocycles. The fourth-order valence-electron chi connectivity index (χ4n) is 2.21. The van der Waals surface area contributed by atoms with Gasteiger partial charge in [0.1, 0.15) is 0 Å². The minimum absolute atomic E-state index is 0. The number of carbonyl (C=O) groups is 1. The van der Waals surface area contributed by atoms with Crippen LogP contribution >= 0.6 is 35.0 Å². The van der Waals surface area contributed by atoms with Crippen LogP contribution in [0.25, 0.3) is 0 Å². The van der Waals surface area contributed by atoms with Crippen LogP contribution in [0.4, 0.5) is 0 Å². The summed E-state index contributed by atoms with van der Waals surface area (Å²) in [6.45, 7) is 3.64. The first-order valence-electron chi connectivity index (χ1n) is 5.88. The molecule has 0 saturated carbocycles. The van der Waals surface area contributed by atoms with Gasteiger partial charge in [0.2, 0.25) is 0 Å². The first-order chi connectivity index (χ1) is 8.08. The number of likely N-dealkylation sites (tertiary alicyclic amines) is 1. The van der Waals surface area contributed by atoms with E-state index < -0.39 is 0 Å². The van der Waals surface area contributed by atoms with Gasteiger partial charge in [-0.15, -0.1) is 12.4 Å². The van der Waals surface area contributed by atoms with Gasteiger partial charge in [-0.25, -0.2) is 0 Å². The molecular weight excluding hydrogens is 363 g/mol. The van der Waals surface area contributed by atoms with E-state index in [0.717, 1.165) is 28.6 Å². The molecule has 2 N–H and O–H groups in total. The molecule has 18 heavy (non-hydrogen) atoms. The SMILES string of the molecule is CC(N)C1CCN(C(=O)c2cccc(I)c2)C1.Cl. The largest absolute Gasteiger partial charge is 0.338 e. The van der Waals surface area contributed by atoms with E-state index in [1.165, 1.54) is 0 Å². The van der Waals surface area contributed by atoms with Crippen molar-refractivity contribution in [1.29, 1.82) is 0 Å². The Balaban J connectivity index is 0.00000162. The Morgan fingerprint density at radius 2 is 2.28 bits per heavy atom. The summed E-state index contributed by atoms with van der Waals surface area (Å²) in [6, 6.07) is 7.90. The van der Waals surface area contributed by atoms with Crippen LogP contribution in [0.3, 0.4) is 0 Å². The van der Waals surface area contributed by atoms with Gasteiger partial charge in [-0.1, -0.05) is 6.07 Å².